The van der Waals surface area contributed by atoms with Crippen molar-refractivity contribution in [3.8, 4) is 0 Å². The second-order valence-electron chi connectivity index (χ2n) is 25.7. The molecule has 0 spiro atoms. The molecule has 24 rings (SSSR count). The molecule has 21 fully saturated rings. The molecule has 1 amide bonds. The molecule has 0 unspecified atom stereocenters. The molecule has 35 atom stereocenters. The number of hydrogen-bond donors (Lipinski definition) is 21. The number of aliphatic hydroxyl groups excluding tert-OH is 20. The van der Waals surface area contributed by atoms with Gasteiger partial charge in [0.25, 0.3) is 0 Å². The van der Waals surface area contributed by atoms with Crippen molar-refractivity contribution in [2.24, 2.45) is 7.05 Å². The van der Waals surface area contributed by atoms with Crippen molar-refractivity contribution < 1.29 is 207 Å². The average Bonchev–Trinajstić information content (AvgIpc) is 0.751. The highest BCUT2D eigenvalue weighted by Crippen LogP contribution is 2.39. The Morgan fingerprint density at radius 3 is 0.990 bits per heavy atom. The minimum atomic E-state index is -4.94. The Morgan fingerprint density at radius 2 is 0.714 bits per heavy atom. The fourth-order valence-corrected chi connectivity index (χ4v) is 13.6. The maximum Gasteiger partial charge on any atom is 0.332 e. The van der Waals surface area contributed by atoms with E-state index in [-0.39, 0.29) is 17.7 Å². The quantitative estimate of drug-likeness (QED) is 0.0591. The molecule has 0 saturated carbocycles. The SMILES string of the molecule is CC[n+]1c2ccccc2nc2c1c(=O)n(C)c(=O)n2CCC(=O)NC[C@H]1O[C@@H]2O[C@H]3[C@H](O)[C@@H](O)[C@@H](O[C@H]4[C@H](O)[C@@H](O)[C@@H](O[C@H]5[C@H](O)[C@@H](O)[C@@H](O[C@H]6[C@H](O)[C@@H](O)[C@@H](O[C@H]7[C@H](O)[C@@H](O)[C@@H](O[C@H]8[C@H](O)[C@@H](O)[C@@H](O[C@H]1[C@H](O)[C@H]2O)O[C@@H]8CO)O[C@@H]7CO)O[C@@H]6CO)O[C@@H]5CO)O[C@@H]4CO)O[C@@H]3CO.[O-][Cl+3]([O-])([O-])[O-]. The molecule has 596 valence electrons. The maximum atomic E-state index is 14.0. The van der Waals surface area contributed by atoms with E-state index in [0.717, 1.165) is 9.13 Å². The molecule has 105 heavy (non-hydrogen) atoms. The number of para-hydroxylation sites is 2. The first-order valence-electron chi connectivity index (χ1n) is 32.9. The van der Waals surface area contributed by atoms with Gasteiger partial charge in [0, 0.05) is 32.6 Å². The standard InChI is InChI=1S/C58H85N5O37.ClHO4/c1-3-62-18-7-5-4-6-17(18)60-49-27(62)50(85)61(2)58(86)63(49)9-8-26(70)59-10-19-42-28(71)35(78)51(87-19)95-43-20(11-64)89-53(37(80)30(43)73)97-45-22(13-66)91-55(39(82)32(45)75)99-47-24(15-68)93-57(41(84)34(47)77)100-48-25(16-69)92-56(40(83)33(48)76)98-46-23(14-67)90-54(38(81)31(46)74)96-44-21(12-65)88-52(94-42)36(79)29(44)72;2-1(3,4)5/h4-7,19-25,28-48,51-57,64-69,71-84H,3,8-16H2,1-2H3;(H,2,3,4,5)/t19-,20-,21-,22-,23-,24-,25-,28-,29-,30-,31-,32-,33-,34-,35-,36-,37-,38-,39-,40-,41-,42-,43-,44-,45-,46-,47-,48-,51-,52-,53-,54-,55-,56-,57-;/m1./s1. The summed E-state index contributed by atoms with van der Waals surface area (Å²) in [5.41, 5.74) is -0.550. The average molecular weight is 1540 g/mol. The molecule has 47 heteroatoms. The molecule has 21 saturated heterocycles. The lowest BCUT2D eigenvalue weighted by atomic mass is 9.95. The van der Waals surface area contributed by atoms with Gasteiger partial charge in [0.15, 0.2) is 44.0 Å². The van der Waals surface area contributed by atoms with Gasteiger partial charge in [-0.2, -0.15) is 4.57 Å². The van der Waals surface area contributed by atoms with Crippen molar-refractivity contribution in [1.29, 1.82) is 0 Å². The van der Waals surface area contributed by atoms with Crippen LogP contribution in [0.4, 0.5) is 0 Å². The van der Waals surface area contributed by atoms with Crippen LogP contribution in [0.3, 0.4) is 0 Å². The number of fused-ring (bicyclic) bond motifs is 2. The molecule has 21 aliphatic heterocycles. The van der Waals surface area contributed by atoms with Crippen LogP contribution in [0.1, 0.15) is 13.3 Å². The molecule has 3 aromatic rings. The van der Waals surface area contributed by atoms with Crippen LogP contribution >= 0.6 is 0 Å². The monoisotopic (exact) mass is 1540 g/mol. The van der Waals surface area contributed by atoms with Crippen LogP contribution in [0.5, 0.6) is 0 Å². The van der Waals surface area contributed by atoms with Crippen LogP contribution in [0.25, 0.3) is 22.2 Å². The number of carbonyl (C=O) groups excluding carboxylic acids is 1. The smallest absolute Gasteiger partial charge is 0.332 e. The van der Waals surface area contributed by atoms with Gasteiger partial charge in [0.2, 0.25) is 17.1 Å². The Hall–Kier alpha value is -4.26. The predicted octanol–water partition coefficient (Wildman–Crippen LogP) is -19.9. The normalized spacial score (nSPS) is 43.8. The Balaban J connectivity index is 0.00000228. The van der Waals surface area contributed by atoms with E-state index in [4.69, 9.17) is 85.0 Å². The molecular weight excluding hydrogens is 1460 g/mol. The summed E-state index contributed by atoms with van der Waals surface area (Å²) >= 11 is 0. The number of ether oxygens (including phenoxy) is 14. The second-order valence-corrected chi connectivity index (χ2v) is 26.5. The summed E-state index contributed by atoms with van der Waals surface area (Å²) in [7, 11) is -3.71. The van der Waals surface area contributed by atoms with Gasteiger partial charge in [0.1, 0.15) is 183 Å². The largest absolute Gasteiger partial charge is 0.394 e. The topological polar surface area (TPSA) is 716 Å². The molecule has 46 nitrogen and oxygen atoms in total. The maximum absolute atomic E-state index is 14.0. The highest BCUT2D eigenvalue weighted by atomic mass is 35.7. The van der Waals surface area contributed by atoms with E-state index < -0.39 is 301 Å². The number of hydrogen-bond acceptors (Lipinski definition) is 42. The minimum Gasteiger partial charge on any atom is -0.394 e. The molecule has 21 aliphatic rings. The third kappa shape index (κ3) is 17.3. The minimum absolute atomic E-state index is 0.0428. The number of rotatable bonds is 12. The van der Waals surface area contributed by atoms with Gasteiger partial charge < -0.3 is 174 Å². The zero-order chi connectivity index (χ0) is 76.7. The highest BCUT2D eigenvalue weighted by molar-refractivity contribution is 5.79. The number of aromatic nitrogens is 4. The Morgan fingerprint density at radius 1 is 0.448 bits per heavy atom. The Kier molecular flexibility index (Phi) is 27.7. The van der Waals surface area contributed by atoms with E-state index in [0.29, 0.717) is 11.0 Å². The van der Waals surface area contributed by atoms with E-state index in [9.17, 15) is 117 Å². The Bertz CT molecular complexity index is 3460. The summed E-state index contributed by atoms with van der Waals surface area (Å²) in [6.45, 7) is -5.72. The molecule has 21 N–H and O–H groups in total. The number of carbonyl (C=O) groups is 1. The zero-order valence-corrected chi connectivity index (χ0v) is 56.0. The Labute approximate surface area is 592 Å². The van der Waals surface area contributed by atoms with E-state index >= 15 is 0 Å². The predicted molar refractivity (Wildman–Crippen MR) is 314 cm³/mol. The van der Waals surface area contributed by atoms with Crippen LogP contribution in [0, 0.1) is 10.2 Å². The number of aryl methyl sites for hydroxylation is 2. The number of nitrogens with zero attached hydrogens (tertiary/aromatic N) is 4. The summed E-state index contributed by atoms with van der Waals surface area (Å²) in [4.78, 5) is 46.0. The zero-order valence-electron chi connectivity index (χ0n) is 55.3. The van der Waals surface area contributed by atoms with Crippen LogP contribution in [-0.2, 0) is 91.2 Å². The van der Waals surface area contributed by atoms with E-state index in [2.05, 4.69) is 10.3 Å². The third-order valence-corrected chi connectivity index (χ3v) is 19.1. The van der Waals surface area contributed by atoms with Crippen molar-refractivity contribution in [2.75, 3.05) is 46.2 Å². The van der Waals surface area contributed by atoms with Gasteiger partial charge in [0.05, 0.1) is 39.6 Å². The lowest BCUT2D eigenvalue weighted by Crippen LogP contribution is -2.68. The first-order valence-corrected chi connectivity index (χ1v) is 34.1. The molecule has 0 radical (unpaired) electrons. The van der Waals surface area contributed by atoms with Crippen LogP contribution in [0.15, 0.2) is 33.9 Å². The molecule has 2 aromatic heterocycles. The number of benzene rings is 1. The van der Waals surface area contributed by atoms with Crippen molar-refractivity contribution in [2.45, 2.75) is 241 Å². The van der Waals surface area contributed by atoms with E-state index in [1.54, 1.807) is 35.8 Å². The van der Waals surface area contributed by atoms with Crippen molar-refractivity contribution in [3.05, 3.63) is 45.1 Å². The van der Waals surface area contributed by atoms with Gasteiger partial charge in [-0.15, -0.1) is 10.2 Å². The molecule has 23 heterocycles. The molecular formula is C58H86ClN5O41. The number of aliphatic hydroxyl groups is 20. The van der Waals surface area contributed by atoms with E-state index in [1.165, 1.54) is 7.05 Å². The summed E-state index contributed by atoms with van der Waals surface area (Å²) in [5.74, 6) is -0.854. The summed E-state index contributed by atoms with van der Waals surface area (Å²) < 4.78 is 119. The first-order chi connectivity index (χ1) is 49.7. The molecule has 1 aromatic carbocycles. The summed E-state index contributed by atoms with van der Waals surface area (Å²) in [6, 6.07) is 6.82. The van der Waals surface area contributed by atoms with Crippen molar-refractivity contribution >= 4 is 28.1 Å². The number of halogens is 1. The van der Waals surface area contributed by atoms with Crippen LogP contribution < -0.4 is 39.8 Å². The highest BCUT2D eigenvalue weighted by Gasteiger charge is 2.60. The fraction of sp³-hybridized carbons (Fsp3) is 0.810. The molecule has 14 bridgehead atoms. The van der Waals surface area contributed by atoms with Gasteiger partial charge >= 0.3 is 16.8 Å². The summed E-state index contributed by atoms with van der Waals surface area (Å²) in [6.07, 6.45) is -73.5. The van der Waals surface area contributed by atoms with Gasteiger partial charge in [-0.25, -0.2) is 28.4 Å². The lowest BCUT2D eigenvalue weighted by Gasteiger charge is -2.50. The van der Waals surface area contributed by atoms with Gasteiger partial charge in [-0.05, 0) is 13.0 Å². The van der Waals surface area contributed by atoms with Gasteiger partial charge in [-0.1, -0.05) is 12.1 Å². The summed E-state index contributed by atoms with van der Waals surface area (Å²) in [5, 5.41) is 228. The van der Waals surface area contributed by atoms with Crippen molar-refractivity contribution in [1.82, 2.24) is 19.4 Å². The third-order valence-electron chi connectivity index (χ3n) is 19.1. The number of amides is 1. The number of nitrogens with one attached hydrogen (secondary N) is 1. The van der Waals surface area contributed by atoms with Crippen LogP contribution in [-0.4, -0.2) is 383 Å². The van der Waals surface area contributed by atoms with E-state index in [1.807, 2.05) is 0 Å². The fourth-order valence-electron chi connectivity index (χ4n) is 13.6. The lowest BCUT2D eigenvalue weighted by molar-refractivity contribution is -2.00. The first kappa shape index (κ1) is 83.2. The molecule has 0 aliphatic carbocycles. The van der Waals surface area contributed by atoms with Crippen molar-refractivity contribution in [3.63, 3.8) is 0 Å². The van der Waals surface area contributed by atoms with Gasteiger partial charge in [-0.3, -0.25) is 18.7 Å². The second kappa shape index (κ2) is 35.0. The van der Waals surface area contributed by atoms with Crippen LogP contribution in [0.2, 0.25) is 0 Å².